The van der Waals surface area contributed by atoms with E-state index >= 15 is 0 Å². The van der Waals surface area contributed by atoms with E-state index in [0.717, 1.165) is 31.5 Å². The molecule has 2 aromatic rings. The fourth-order valence-electron chi connectivity index (χ4n) is 2.24. The predicted molar refractivity (Wildman–Crippen MR) is 76.9 cm³/mol. The average Bonchev–Trinajstić information content (AvgIpc) is 2.86. The van der Waals surface area contributed by atoms with Crippen LogP contribution in [-0.2, 0) is 19.9 Å². The molecule has 0 bridgehead atoms. The number of aryl methyl sites for hydroxylation is 3. The molecule has 1 unspecified atom stereocenters. The summed E-state index contributed by atoms with van der Waals surface area (Å²) < 4.78 is 2.09. The Balaban J connectivity index is 1.79. The van der Waals surface area contributed by atoms with Gasteiger partial charge in [0.05, 0.1) is 0 Å². The average molecular weight is 258 g/mol. The summed E-state index contributed by atoms with van der Waals surface area (Å²) in [5.74, 6) is 1.15. The van der Waals surface area contributed by atoms with Crippen LogP contribution in [0.15, 0.2) is 36.8 Å². The molecule has 102 valence electrons. The normalized spacial score (nSPS) is 12.5. The van der Waals surface area contributed by atoms with Gasteiger partial charge in [-0.15, -0.1) is 0 Å². The first-order valence-corrected chi connectivity index (χ1v) is 6.83. The van der Waals surface area contributed by atoms with E-state index in [0.29, 0.717) is 6.04 Å². The van der Waals surface area contributed by atoms with Crippen LogP contribution in [0.25, 0.3) is 0 Å². The topological polar surface area (TPSA) is 42.7 Å². The zero-order valence-corrected chi connectivity index (χ0v) is 11.7. The van der Waals surface area contributed by atoms with Gasteiger partial charge in [-0.3, -0.25) is 4.98 Å². The quantitative estimate of drug-likeness (QED) is 0.825. The first-order valence-electron chi connectivity index (χ1n) is 6.83. The van der Waals surface area contributed by atoms with Crippen molar-refractivity contribution in [3.63, 3.8) is 0 Å². The molecule has 0 radical (unpaired) electrons. The second kappa shape index (κ2) is 7.04. The molecule has 0 aromatic carbocycles. The van der Waals surface area contributed by atoms with Gasteiger partial charge < -0.3 is 9.88 Å². The van der Waals surface area contributed by atoms with Crippen molar-refractivity contribution >= 4 is 0 Å². The van der Waals surface area contributed by atoms with Crippen molar-refractivity contribution < 1.29 is 0 Å². The van der Waals surface area contributed by atoms with Gasteiger partial charge in [0, 0.05) is 43.8 Å². The van der Waals surface area contributed by atoms with Crippen LogP contribution >= 0.6 is 0 Å². The maximum Gasteiger partial charge on any atom is 0.108 e. The monoisotopic (exact) mass is 258 g/mol. The Morgan fingerprint density at radius 1 is 1.16 bits per heavy atom. The van der Waals surface area contributed by atoms with Crippen LogP contribution in [0.3, 0.4) is 0 Å². The molecular weight excluding hydrogens is 236 g/mol. The summed E-state index contributed by atoms with van der Waals surface area (Å²) in [5, 5.41) is 3.39. The van der Waals surface area contributed by atoms with Crippen molar-refractivity contribution in [2.24, 2.45) is 7.05 Å². The number of nitrogens with one attached hydrogen (secondary N) is 1. The van der Waals surface area contributed by atoms with Gasteiger partial charge in [-0.25, -0.2) is 4.98 Å². The summed E-state index contributed by atoms with van der Waals surface area (Å²) in [7, 11) is 4.08. The van der Waals surface area contributed by atoms with Crippen LogP contribution in [0.2, 0.25) is 0 Å². The van der Waals surface area contributed by atoms with Crippen LogP contribution in [0.1, 0.15) is 24.4 Å². The van der Waals surface area contributed by atoms with E-state index in [4.69, 9.17) is 0 Å². The van der Waals surface area contributed by atoms with Crippen molar-refractivity contribution in [3.8, 4) is 0 Å². The van der Waals surface area contributed by atoms with Gasteiger partial charge in [0.2, 0.25) is 0 Å². The molecule has 0 aliphatic rings. The molecule has 0 amide bonds. The van der Waals surface area contributed by atoms with Crippen LogP contribution < -0.4 is 5.32 Å². The lowest BCUT2D eigenvalue weighted by atomic mass is 10.0. The summed E-state index contributed by atoms with van der Waals surface area (Å²) in [5.41, 5.74) is 1.17. The molecule has 0 saturated carbocycles. The molecule has 0 aliphatic carbocycles. The van der Waals surface area contributed by atoms with Gasteiger partial charge in [0.25, 0.3) is 0 Å². The van der Waals surface area contributed by atoms with Crippen molar-refractivity contribution in [1.82, 2.24) is 19.9 Å². The Bertz CT molecular complexity index is 478. The SMILES string of the molecule is CNC(CCc1ccccn1)CCc1nccn1C. The first kappa shape index (κ1) is 13.7. The number of hydrogen-bond acceptors (Lipinski definition) is 3. The van der Waals surface area contributed by atoms with E-state index in [9.17, 15) is 0 Å². The number of nitrogens with zero attached hydrogens (tertiary/aromatic N) is 3. The van der Waals surface area contributed by atoms with Gasteiger partial charge in [-0.05, 0) is 38.4 Å². The Kier molecular flexibility index (Phi) is 5.10. The molecule has 0 aliphatic heterocycles. The Morgan fingerprint density at radius 3 is 2.63 bits per heavy atom. The molecule has 19 heavy (non-hydrogen) atoms. The van der Waals surface area contributed by atoms with Crippen molar-refractivity contribution in [2.45, 2.75) is 31.7 Å². The van der Waals surface area contributed by atoms with E-state index in [1.165, 1.54) is 5.69 Å². The molecule has 4 nitrogen and oxygen atoms in total. The molecule has 0 saturated heterocycles. The minimum absolute atomic E-state index is 0.513. The molecule has 0 spiro atoms. The Morgan fingerprint density at radius 2 is 2.00 bits per heavy atom. The highest BCUT2D eigenvalue weighted by Gasteiger charge is 2.09. The minimum Gasteiger partial charge on any atom is -0.338 e. The minimum atomic E-state index is 0.513. The third-order valence-corrected chi connectivity index (χ3v) is 3.52. The molecular formula is C15H22N4. The molecule has 2 aromatic heterocycles. The number of rotatable bonds is 7. The predicted octanol–water partition coefficient (Wildman–Crippen LogP) is 1.97. The molecule has 2 rings (SSSR count). The fourth-order valence-corrected chi connectivity index (χ4v) is 2.24. The zero-order valence-electron chi connectivity index (χ0n) is 11.7. The largest absolute Gasteiger partial charge is 0.338 e. The standard InChI is InChI=1S/C15H22N4/c1-16-13(6-7-14-5-3-4-10-17-14)8-9-15-18-11-12-19(15)2/h3-5,10-13,16H,6-9H2,1-2H3. The van der Waals surface area contributed by atoms with Crippen LogP contribution in [0.5, 0.6) is 0 Å². The summed E-state index contributed by atoms with van der Waals surface area (Å²) >= 11 is 0. The highest BCUT2D eigenvalue weighted by atomic mass is 15.0. The summed E-state index contributed by atoms with van der Waals surface area (Å²) in [6.07, 6.45) is 9.96. The van der Waals surface area contributed by atoms with E-state index in [-0.39, 0.29) is 0 Å². The van der Waals surface area contributed by atoms with Crippen LogP contribution in [0.4, 0.5) is 0 Å². The van der Waals surface area contributed by atoms with Crippen molar-refractivity contribution in [2.75, 3.05) is 7.05 Å². The van der Waals surface area contributed by atoms with Crippen molar-refractivity contribution in [3.05, 3.63) is 48.3 Å². The third-order valence-electron chi connectivity index (χ3n) is 3.52. The summed E-state index contributed by atoms with van der Waals surface area (Å²) in [6, 6.07) is 6.61. The molecule has 1 N–H and O–H groups in total. The number of pyridine rings is 1. The lowest BCUT2D eigenvalue weighted by Gasteiger charge is -2.15. The fraction of sp³-hybridized carbons (Fsp3) is 0.467. The Labute approximate surface area is 114 Å². The van der Waals surface area contributed by atoms with Gasteiger partial charge >= 0.3 is 0 Å². The molecule has 0 fully saturated rings. The highest BCUT2D eigenvalue weighted by molar-refractivity contribution is 5.03. The number of imidazole rings is 1. The second-order valence-corrected chi connectivity index (χ2v) is 4.84. The molecule has 1 atom stereocenters. The van der Waals surface area contributed by atoms with E-state index in [1.54, 1.807) is 0 Å². The van der Waals surface area contributed by atoms with Gasteiger partial charge in [0.15, 0.2) is 0 Å². The first-order chi connectivity index (χ1) is 9.29. The van der Waals surface area contributed by atoms with E-state index in [2.05, 4.69) is 25.9 Å². The van der Waals surface area contributed by atoms with Crippen LogP contribution in [-0.4, -0.2) is 27.6 Å². The lowest BCUT2D eigenvalue weighted by molar-refractivity contribution is 0.479. The van der Waals surface area contributed by atoms with Gasteiger partial charge in [0.1, 0.15) is 5.82 Å². The summed E-state index contributed by atoms with van der Waals surface area (Å²) in [6.45, 7) is 0. The van der Waals surface area contributed by atoms with E-state index < -0.39 is 0 Å². The molecule has 2 heterocycles. The maximum absolute atomic E-state index is 4.36. The zero-order chi connectivity index (χ0) is 13.5. The smallest absolute Gasteiger partial charge is 0.108 e. The Hall–Kier alpha value is -1.68. The van der Waals surface area contributed by atoms with E-state index in [1.807, 2.05) is 44.8 Å². The van der Waals surface area contributed by atoms with Crippen molar-refractivity contribution in [1.29, 1.82) is 0 Å². The highest BCUT2D eigenvalue weighted by Crippen LogP contribution is 2.08. The van der Waals surface area contributed by atoms with Crippen LogP contribution in [0, 0.1) is 0 Å². The second-order valence-electron chi connectivity index (χ2n) is 4.84. The number of aromatic nitrogens is 3. The number of hydrogen-bond donors (Lipinski definition) is 1. The lowest BCUT2D eigenvalue weighted by Crippen LogP contribution is -2.26. The molecule has 4 heteroatoms. The third kappa shape index (κ3) is 4.17. The summed E-state index contributed by atoms with van der Waals surface area (Å²) in [4.78, 5) is 8.73. The van der Waals surface area contributed by atoms with Gasteiger partial charge in [-0.2, -0.15) is 0 Å². The maximum atomic E-state index is 4.36. The van der Waals surface area contributed by atoms with Gasteiger partial charge in [-0.1, -0.05) is 6.07 Å².